The van der Waals surface area contributed by atoms with E-state index < -0.39 is 5.54 Å². The third-order valence-corrected chi connectivity index (χ3v) is 7.26. The standard InChI is InChI=1S/C31H37N3O4/c1-37-19-18-34(30(36)32-22-25-8-7-13-29(21-25)38-2)31(24-35)14-16-33(17-15-31)23-26-9-6-12-28(20-26)27-10-4-3-5-11-27/h3-13,20-21,24H,14-19,22-23H2,1-2H3,(H,32,36). The van der Waals surface area contributed by atoms with Gasteiger partial charge in [0.1, 0.15) is 17.6 Å². The molecule has 3 aromatic carbocycles. The lowest BCUT2D eigenvalue weighted by molar-refractivity contribution is -0.120. The average Bonchev–Trinajstić information content (AvgIpc) is 2.98. The molecule has 38 heavy (non-hydrogen) atoms. The van der Waals surface area contributed by atoms with Crippen molar-refractivity contribution < 1.29 is 19.1 Å². The first kappa shape index (κ1) is 27.4. The van der Waals surface area contributed by atoms with Gasteiger partial charge in [-0.25, -0.2) is 4.79 Å². The average molecular weight is 516 g/mol. The van der Waals surface area contributed by atoms with E-state index in [1.54, 1.807) is 19.1 Å². The first-order chi connectivity index (χ1) is 18.6. The molecule has 1 aliphatic heterocycles. The highest BCUT2D eigenvalue weighted by Gasteiger charge is 2.42. The maximum Gasteiger partial charge on any atom is 0.318 e. The summed E-state index contributed by atoms with van der Waals surface area (Å²) in [5.74, 6) is 0.735. The SMILES string of the molecule is COCCN(C(=O)NCc1cccc(OC)c1)C1(C=O)CCN(Cc2cccc(-c3ccccc3)c2)CC1. The number of likely N-dealkylation sites (tertiary alicyclic amines) is 1. The molecular formula is C31H37N3O4. The Balaban J connectivity index is 1.40. The number of hydrogen-bond donors (Lipinski definition) is 1. The number of urea groups is 1. The number of carbonyl (C=O) groups excluding carboxylic acids is 2. The molecule has 2 amide bonds. The molecule has 1 N–H and O–H groups in total. The highest BCUT2D eigenvalue weighted by molar-refractivity contribution is 5.81. The van der Waals surface area contributed by atoms with E-state index in [1.165, 1.54) is 16.7 Å². The second-order valence-electron chi connectivity index (χ2n) is 9.72. The van der Waals surface area contributed by atoms with Crippen LogP contribution in [-0.4, -0.2) is 68.1 Å². The van der Waals surface area contributed by atoms with Crippen molar-refractivity contribution >= 4 is 12.3 Å². The molecule has 200 valence electrons. The van der Waals surface area contributed by atoms with E-state index in [4.69, 9.17) is 9.47 Å². The number of rotatable bonds is 11. The topological polar surface area (TPSA) is 71.1 Å². The number of hydrogen-bond acceptors (Lipinski definition) is 5. The molecular weight excluding hydrogens is 478 g/mol. The van der Waals surface area contributed by atoms with Crippen molar-refractivity contribution in [3.63, 3.8) is 0 Å². The predicted octanol–water partition coefficient (Wildman–Crippen LogP) is 4.75. The zero-order chi connectivity index (χ0) is 26.8. The lowest BCUT2D eigenvalue weighted by Crippen LogP contribution is -2.61. The van der Waals surface area contributed by atoms with E-state index >= 15 is 0 Å². The zero-order valence-electron chi connectivity index (χ0n) is 22.3. The second kappa shape index (κ2) is 13.2. The van der Waals surface area contributed by atoms with Crippen LogP contribution in [0.1, 0.15) is 24.0 Å². The van der Waals surface area contributed by atoms with Crippen molar-refractivity contribution in [2.75, 3.05) is 40.5 Å². The molecule has 1 fully saturated rings. The first-order valence-electron chi connectivity index (χ1n) is 13.1. The molecule has 0 aliphatic carbocycles. The Kier molecular flexibility index (Phi) is 9.51. The van der Waals surface area contributed by atoms with E-state index in [1.807, 2.05) is 42.5 Å². The largest absolute Gasteiger partial charge is 0.497 e. The van der Waals surface area contributed by atoms with Gasteiger partial charge in [0.25, 0.3) is 0 Å². The van der Waals surface area contributed by atoms with E-state index in [0.717, 1.165) is 37.2 Å². The van der Waals surface area contributed by atoms with Crippen molar-refractivity contribution in [2.45, 2.75) is 31.5 Å². The monoisotopic (exact) mass is 515 g/mol. The Hall–Kier alpha value is -3.68. The number of nitrogens with one attached hydrogen (secondary N) is 1. The molecule has 4 rings (SSSR count). The fraction of sp³-hybridized carbons (Fsp3) is 0.355. The van der Waals surface area contributed by atoms with Crippen LogP contribution in [0, 0.1) is 0 Å². The Morgan fingerprint density at radius 1 is 0.947 bits per heavy atom. The maximum absolute atomic E-state index is 13.3. The summed E-state index contributed by atoms with van der Waals surface area (Å²) in [4.78, 5) is 29.9. The van der Waals surface area contributed by atoms with Gasteiger partial charge in [-0.1, -0.05) is 60.7 Å². The minimum atomic E-state index is -0.862. The lowest BCUT2D eigenvalue weighted by atomic mass is 9.86. The van der Waals surface area contributed by atoms with Crippen molar-refractivity contribution in [1.29, 1.82) is 0 Å². The summed E-state index contributed by atoms with van der Waals surface area (Å²) in [6.07, 6.45) is 2.11. The molecule has 0 bridgehead atoms. The van der Waals surface area contributed by atoms with Crippen molar-refractivity contribution in [1.82, 2.24) is 15.1 Å². The van der Waals surface area contributed by atoms with Gasteiger partial charge in [0, 0.05) is 39.8 Å². The van der Waals surface area contributed by atoms with E-state index in [0.29, 0.717) is 32.5 Å². The van der Waals surface area contributed by atoms with Crippen molar-refractivity contribution in [3.05, 3.63) is 90.0 Å². The minimum Gasteiger partial charge on any atom is -0.497 e. The Morgan fingerprint density at radius 3 is 2.37 bits per heavy atom. The highest BCUT2D eigenvalue weighted by Crippen LogP contribution is 2.29. The summed E-state index contributed by atoms with van der Waals surface area (Å²) in [6, 6.07) is 26.3. The third kappa shape index (κ3) is 6.79. The Bertz CT molecular complexity index is 1190. The Labute approximate surface area is 225 Å². The number of nitrogens with zero attached hydrogens (tertiary/aromatic N) is 2. The quantitative estimate of drug-likeness (QED) is 0.373. The van der Waals surface area contributed by atoms with E-state index in [-0.39, 0.29) is 6.03 Å². The molecule has 0 radical (unpaired) electrons. The fourth-order valence-corrected chi connectivity index (χ4v) is 5.05. The second-order valence-corrected chi connectivity index (χ2v) is 9.72. The molecule has 0 saturated carbocycles. The van der Waals surface area contributed by atoms with Crippen LogP contribution >= 0.6 is 0 Å². The van der Waals surface area contributed by atoms with Gasteiger partial charge in [-0.15, -0.1) is 0 Å². The van der Waals surface area contributed by atoms with Crippen molar-refractivity contribution in [2.24, 2.45) is 0 Å². The smallest absolute Gasteiger partial charge is 0.318 e. The zero-order valence-corrected chi connectivity index (χ0v) is 22.3. The van der Waals surface area contributed by atoms with Crippen LogP contribution in [0.3, 0.4) is 0 Å². The molecule has 7 heteroatoms. The summed E-state index contributed by atoms with van der Waals surface area (Å²) in [5, 5.41) is 2.99. The Morgan fingerprint density at radius 2 is 1.66 bits per heavy atom. The van der Waals surface area contributed by atoms with Crippen LogP contribution in [0.2, 0.25) is 0 Å². The number of amides is 2. The van der Waals surface area contributed by atoms with Crippen molar-refractivity contribution in [3.8, 4) is 16.9 Å². The third-order valence-electron chi connectivity index (χ3n) is 7.26. The summed E-state index contributed by atoms with van der Waals surface area (Å²) in [7, 11) is 3.22. The van der Waals surface area contributed by atoms with Crippen LogP contribution in [0.4, 0.5) is 4.79 Å². The molecule has 0 spiro atoms. The molecule has 3 aromatic rings. The molecule has 1 heterocycles. The highest BCUT2D eigenvalue weighted by atomic mass is 16.5. The van der Waals surface area contributed by atoms with E-state index in [9.17, 15) is 9.59 Å². The predicted molar refractivity (Wildman–Crippen MR) is 149 cm³/mol. The lowest BCUT2D eigenvalue weighted by Gasteiger charge is -2.45. The number of piperidine rings is 1. The fourth-order valence-electron chi connectivity index (χ4n) is 5.05. The molecule has 0 unspecified atom stereocenters. The number of methoxy groups -OCH3 is 2. The van der Waals surface area contributed by atoms with Gasteiger partial charge in [0.05, 0.1) is 13.7 Å². The van der Waals surface area contributed by atoms with Gasteiger partial charge in [-0.05, 0) is 53.3 Å². The number of carbonyl (C=O) groups is 2. The van der Waals surface area contributed by atoms with Gasteiger partial charge in [-0.3, -0.25) is 4.90 Å². The van der Waals surface area contributed by atoms with Gasteiger partial charge in [0.15, 0.2) is 0 Å². The molecule has 1 aliphatic rings. The van der Waals surface area contributed by atoms with Gasteiger partial charge >= 0.3 is 6.03 Å². The summed E-state index contributed by atoms with van der Waals surface area (Å²) in [6.45, 7) is 3.30. The summed E-state index contributed by atoms with van der Waals surface area (Å²) >= 11 is 0. The summed E-state index contributed by atoms with van der Waals surface area (Å²) in [5.41, 5.74) is 3.69. The maximum atomic E-state index is 13.3. The van der Waals surface area contributed by atoms with Crippen LogP contribution < -0.4 is 10.1 Å². The van der Waals surface area contributed by atoms with Crippen LogP contribution in [0.5, 0.6) is 5.75 Å². The van der Waals surface area contributed by atoms with Crippen LogP contribution in [-0.2, 0) is 22.6 Å². The normalized spacial score (nSPS) is 15.0. The van der Waals surface area contributed by atoms with Gasteiger partial charge in [-0.2, -0.15) is 0 Å². The number of benzene rings is 3. The van der Waals surface area contributed by atoms with Crippen LogP contribution in [0.25, 0.3) is 11.1 Å². The van der Waals surface area contributed by atoms with Crippen LogP contribution in [0.15, 0.2) is 78.9 Å². The van der Waals surface area contributed by atoms with Gasteiger partial charge < -0.3 is 24.5 Å². The summed E-state index contributed by atoms with van der Waals surface area (Å²) < 4.78 is 10.6. The minimum absolute atomic E-state index is 0.263. The molecule has 7 nitrogen and oxygen atoms in total. The number of aldehydes is 1. The number of ether oxygens (including phenoxy) is 2. The van der Waals surface area contributed by atoms with Gasteiger partial charge in [0.2, 0.25) is 0 Å². The first-order valence-corrected chi connectivity index (χ1v) is 13.1. The molecule has 0 aromatic heterocycles. The van der Waals surface area contributed by atoms with E-state index in [2.05, 4.69) is 46.6 Å². The molecule has 1 saturated heterocycles. The molecule has 0 atom stereocenters.